The van der Waals surface area contributed by atoms with E-state index in [9.17, 15) is 4.79 Å². The summed E-state index contributed by atoms with van der Waals surface area (Å²) >= 11 is 0. The smallest absolute Gasteiger partial charge is 0.254 e. The molecule has 0 aliphatic carbocycles. The van der Waals surface area contributed by atoms with Crippen LogP contribution in [0.1, 0.15) is 32.9 Å². The van der Waals surface area contributed by atoms with Gasteiger partial charge in [-0.25, -0.2) is 4.68 Å². The van der Waals surface area contributed by atoms with Gasteiger partial charge in [0.25, 0.3) is 5.91 Å². The topological polar surface area (TPSA) is 56.6 Å². The number of carbonyl (C=O) groups is 1. The molecule has 0 fully saturated rings. The van der Waals surface area contributed by atoms with Crippen molar-refractivity contribution in [2.24, 2.45) is 0 Å². The molecule has 0 saturated carbocycles. The maximum absolute atomic E-state index is 13.2. The van der Waals surface area contributed by atoms with E-state index in [4.69, 9.17) is 9.47 Å². The van der Waals surface area contributed by atoms with Crippen LogP contribution >= 0.6 is 0 Å². The fraction of sp³-hybridized carbons (Fsp3) is 0.304. The van der Waals surface area contributed by atoms with Crippen LogP contribution in [-0.4, -0.2) is 41.4 Å². The number of hydrogen-bond acceptors (Lipinski definition) is 4. The number of carbonyl (C=O) groups excluding carboxylic acids is 1. The van der Waals surface area contributed by atoms with Crippen LogP contribution in [0.5, 0.6) is 11.5 Å². The molecule has 0 radical (unpaired) electrons. The normalized spacial score (nSPS) is 13.2. The Labute approximate surface area is 170 Å². The molecule has 150 valence electrons. The molecule has 2 heterocycles. The third-order valence-corrected chi connectivity index (χ3v) is 5.35. The first kappa shape index (κ1) is 19.1. The molecule has 0 unspecified atom stereocenters. The molecule has 1 aromatic heterocycles. The van der Waals surface area contributed by atoms with Crippen LogP contribution in [-0.2, 0) is 13.0 Å². The van der Waals surface area contributed by atoms with Crippen molar-refractivity contribution < 1.29 is 14.3 Å². The van der Waals surface area contributed by atoms with Crippen molar-refractivity contribution in [3.63, 3.8) is 0 Å². The van der Waals surface area contributed by atoms with E-state index in [0.717, 1.165) is 34.8 Å². The Kier molecular flexibility index (Phi) is 5.01. The highest BCUT2D eigenvalue weighted by atomic mass is 16.5. The van der Waals surface area contributed by atoms with Gasteiger partial charge in [-0.05, 0) is 67.8 Å². The van der Waals surface area contributed by atoms with Crippen molar-refractivity contribution in [1.29, 1.82) is 0 Å². The van der Waals surface area contributed by atoms with Crippen LogP contribution in [0.3, 0.4) is 0 Å². The van der Waals surface area contributed by atoms with E-state index in [1.54, 1.807) is 14.2 Å². The van der Waals surface area contributed by atoms with E-state index in [-0.39, 0.29) is 5.91 Å². The van der Waals surface area contributed by atoms with Gasteiger partial charge < -0.3 is 14.4 Å². The maximum Gasteiger partial charge on any atom is 0.254 e. The number of hydrogen-bond donors (Lipinski definition) is 0. The van der Waals surface area contributed by atoms with Gasteiger partial charge in [0.1, 0.15) is 0 Å². The van der Waals surface area contributed by atoms with Crippen molar-refractivity contribution in [3.8, 4) is 17.2 Å². The molecule has 0 saturated heterocycles. The first-order valence-electron chi connectivity index (χ1n) is 9.67. The molecular formula is C23H25N3O3. The van der Waals surface area contributed by atoms with Gasteiger partial charge in [0.15, 0.2) is 11.5 Å². The van der Waals surface area contributed by atoms with Gasteiger partial charge in [0.05, 0.1) is 25.6 Å². The van der Waals surface area contributed by atoms with Crippen molar-refractivity contribution >= 4 is 5.91 Å². The number of rotatable bonds is 4. The summed E-state index contributed by atoms with van der Waals surface area (Å²) in [6.07, 6.45) is 0.790. The molecule has 3 aromatic rings. The monoisotopic (exact) mass is 391 g/mol. The van der Waals surface area contributed by atoms with Gasteiger partial charge in [0.2, 0.25) is 0 Å². The second kappa shape index (κ2) is 7.62. The number of nitrogens with zero attached hydrogens (tertiary/aromatic N) is 3. The standard InChI is InChI=1S/C23H25N3O3/c1-15-10-16(2)26(24-15)20-7-5-6-18(11-20)23(27)25-9-8-17-12-21(28-3)22(29-4)13-19(17)14-25/h5-7,10-13H,8-9,14H2,1-4H3. The van der Waals surface area contributed by atoms with Gasteiger partial charge in [0, 0.05) is 24.3 Å². The third kappa shape index (κ3) is 3.58. The van der Waals surface area contributed by atoms with Gasteiger partial charge >= 0.3 is 0 Å². The summed E-state index contributed by atoms with van der Waals surface area (Å²) < 4.78 is 12.7. The largest absolute Gasteiger partial charge is 0.493 e. The lowest BCUT2D eigenvalue weighted by molar-refractivity contribution is 0.0734. The van der Waals surface area contributed by atoms with E-state index in [1.807, 2.05) is 65.9 Å². The van der Waals surface area contributed by atoms with Gasteiger partial charge in [-0.3, -0.25) is 4.79 Å². The van der Waals surface area contributed by atoms with Crippen LogP contribution in [0.4, 0.5) is 0 Å². The van der Waals surface area contributed by atoms with Crippen molar-refractivity contribution in [2.75, 3.05) is 20.8 Å². The molecule has 6 nitrogen and oxygen atoms in total. The minimum absolute atomic E-state index is 0.0221. The van der Waals surface area contributed by atoms with E-state index in [2.05, 4.69) is 5.10 Å². The predicted octanol–water partition coefficient (Wildman–Crippen LogP) is 3.70. The lowest BCUT2D eigenvalue weighted by Crippen LogP contribution is -2.36. The molecule has 29 heavy (non-hydrogen) atoms. The van der Waals surface area contributed by atoms with Crippen LogP contribution in [0, 0.1) is 13.8 Å². The lowest BCUT2D eigenvalue weighted by Gasteiger charge is -2.30. The molecule has 0 atom stereocenters. The van der Waals surface area contributed by atoms with E-state index in [1.165, 1.54) is 5.56 Å². The van der Waals surface area contributed by atoms with E-state index in [0.29, 0.717) is 24.4 Å². The van der Waals surface area contributed by atoms with Crippen molar-refractivity contribution in [3.05, 3.63) is 70.5 Å². The molecule has 2 aromatic carbocycles. The molecule has 0 N–H and O–H groups in total. The highest BCUT2D eigenvalue weighted by Gasteiger charge is 2.24. The summed E-state index contributed by atoms with van der Waals surface area (Å²) in [5.74, 6) is 1.43. The number of fused-ring (bicyclic) bond motifs is 1. The Morgan fingerprint density at radius 3 is 2.38 bits per heavy atom. The number of aryl methyl sites for hydroxylation is 2. The van der Waals surface area contributed by atoms with Crippen LogP contribution in [0.2, 0.25) is 0 Å². The van der Waals surface area contributed by atoms with Crippen LogP contribution in [0.15, 0.2) is 42.5 Å². The second-order valence-electron chi connectivity index (χ2n) is 7.34. The molecule has 6 heteroatoms. The lowest BCUT2D eigenvalue weighted by atomic mass is 9.98. The Hall–Kier alpha value is -3.28. The molecule has 4 rings (SSSR count). The van der Waals surface area contributed by atoms with Crippen LogP contribution < -0.4 is 9.47 Å². The third-order valence-electron chi connectivity index (χ3n) is 5.35. The highest BCUT2D eigenvalue weighted by Crippen LogP contribution is 2.33. The quantitative estimate of drug-likeness (QED) is 0.680. The zero-order valence-corrected chi connectivity index (χ0v) is 17.2. The first-order valence-corrected chi connectivity index (χ1v) is 9.67. The summed E-state index contributed by atoms with van der Waals surface area (Å²) in [5.41, 5.74) is 5.85. The summed E-state index contributed by atoms with van der Waals surface area (Å²) in [4.78, 5) is 15.1. The van der Waals surface area contributed by atoms with E-state index < -0.39 is 0 Å². The second-order valence-corrected chi connectivity index (χ2v) is 7.34. The number of methoxy groups -OCH3 is 2. The van der Waals surface area contributed by atoms with Gasteiger partial charge in [-0.2, -0.15) is 5.10 Å². The molecule has 1 aliphatic heterocycles. The maximum atomic E-state index is 13.2. The summed E-state index contributed by atoms with van der Waals surface area (Å²) in [7, 11) is 3.26. The number of benzene rings is 2. The van der Waals surface area contributed by atoms with Crippen molar-refractivity contribution in [2.45, 2.75) is 26.8 Å². The fourth-order valence-electron chi connectivity index (χ4n) is 3.90. The predicted molar refractivity (Wildman–Crippen MR) is 111 cm³/mol. The Morgan fingerprint density at radius 1 is 1.00 bits per heavy atom. The molecule has 0 spiro atoms. The average Bonchev–Trinajstić information content (AvgIpc) is 3.09. The molecule has 1 aliphatic rings. The summed E-state index contributed by atoms with van der Waals surface area (Å²) in [6.45, 7) is 5.20. The van der Waals surface area contributed by atoms with Gasteiger partial charge in [-0.1, -0.05) is 6.07 Å². The summed E-state index contributed by atoms with van der Waals surface area (Å²) in [6, 6.07) is 13.7. The molecule has 1 amide bonds. The number of ether oxygens (including phenoxy) is 2. The first-order chi connectivity index (χ1) is 14.0. The zero-order chi connectivity index (χ0) is 20.5. The van der Waals surface area contributed by atoms with Gasteiger partial charge in [-0.15, -0.1) is 0 Å². The SMILES string of the molecule is COc1cc2c(cc1OC)CN(C(=O)c1cccc(-n3nc(C)cc3C)c1)CC2. The molecular weight excluding hydrogens is 366 g/mol. The minimum atomic E-state index is 0.0221. The number of amides is 1. The highest BCUT2D eigenvalue weighted by molar-refractivity contribution is 5.95. The zero-order valence-electron chi connectivity index (χ0n) is 17.2. The van der Waals surface area contributed by atoms with Crippen molar-refractivity contribution in [1.82, 2.24) is 14.7 Å². The average molecular weight is 391 g/mol. The fourth-order valence-corrected chi connectivity index (χ4v) is 3.90. The Morgan fingerprint density at radius 2 is 1.72 bits per heavy atom. The number of aromatic nitrogens is 2. The Bertz CT molecular complexity index is 1070. The minimum Gasteiger partial charge on any atom is -0.493 e. The Balaban J connectivity index is 1.60. The summed E-state index contributed by atoms with van der Waals surface area (Å²) in [5, 5.41) is 4.52. The molecule has 0 bridgehead atoms. The van der Waals surface area contributed by atoms with E-state index >= 15 is 0 Å². The van der Waals surface area contributed by atoms with Crippen LogP contribution in [0.25, 0.3) is 5.69 Å².